The summed E-state index contributed by atoms with van der Waals surface area (Å²) in [4.78, 5) is 12.3. The van der Waals surface area contributed by atoms with Crippen molar-refractivity contribution in [3.63, 3.8) is 0 Å². The van der Waals surface area contributed by atoms with Crippen molar-refractivity contribution < 1.29 is 9.53 Å². The zero-order chi connectivity index (χ0) is 18.9. The fraction of sp³-hybridized carbons (Fsp3) is 0.350. The van der Waals surface area contributed by atoms with Gasteiger partial charge in [0.1, 0.15) is 5.75 Å². The molecule has 0 saturated heterocycles. The van der Waals surface area contributed by atoms with Gasteiger partial charge in [-0.05, 0) is 48.7 Å². The summed E-state index contributed by atoms with van der Waals surface area (Å²) in [5, 5.41) is 4.25. The molecule has 140 valence electrons. The first-order chi connectivity index (χ1) is 12.5. The number of carbonyl (C=O) groups excluding carboxylic acids is 1. The van der Waals surface area contributed by atoms with Crippen LogP contribution in [0.2, 0.25) is 10.0 Å². The van der Waals surface area contributed by atoms with Crippen LogP contribution in [-0.2, 0) is 10.5 Å². The molecule has 0 saturated carbocycles. The quantitative estimate of drug-likeness (QED) is 0.552. The summed E-state index contributed by atoms with van der Waals surface area (Å²) in [6.07, 6.45) is 0.139. The molecule has 26 heavy (non-hydrogen) atoms. The number of carbonyl (C=O) groups is 1. The molecule has 2 aromatic carbocycles. The SMILES string of the molecule is CCC(Oc1cccc(C)c1)C(=O)NCCSCc1ccc(Cl)cc1Cl. The molecule has 2 aromatic rings. The third kappa shape index (κ3) is 6.75. The Morgan fingerprint density at radius 1 is 1.23 bits per heavy atom. The molecule has 1 N–H and O–H groups in total. The van der Waals surface area contributed by atoms with Gasteiger partial charge in [0.05, 0.1) is 0 Å². The summed E-state index contributed by atoms with van der Waals surface area (Å²) in [5.74, 6) is 2.21. The molecule has 0 bridgehead atoms. The predicted molar refractivity (Wildman–Crippen MR) is 112 cm³/mol. The first kappa shape index (κ1) is 20.9. The molecule has 0 aliphatic carbocycles. The minimum atomic E-state index is -0.479. The summed E-state index contributed by atoms with van der Waals surface area (Å²) in [6.45, 7) is 4.53. The molecular formula is C20H23Cl2NO2S. The van der Waals surface area contributed by atoms with Crippen molar-refractivity contribution in [2.75, 3.05) is 12.3 Å². The van der Waals surface area contributed by atoms with Crippen molar-refractivity contribution in [2.45, 2.75) is 32.1 Å². The Hall–Kier alpha value is -1.36. The Morgan fingerprint density at radius 3 is 2.73 bits per heavy atom. The van der Waals surface area contributed by atoms with Gasteiger partial charge in [-0.2, -0.15) is 11.8 Å². The molecule has 6 heteroatoms. The van der Waals surface area contributed by atoms with E-state index in [4.69, 9.17) is 27.9 Å². The van der Waals surface area contributed by atoms with E-state index < -0.39 is 6.10 Å². The van der Waals surface area contributed by atoms with Crippen LogP contribution < -0.4 is 10.1 Å². The third-order valence-corrected chi connectivity index (χ3v) is 5.34. The van der Waals surface area contributed by atoms with Gasteiger partial charge < -0.3 is 10.1 Å². The number of aryl methyl sites for hydroxylation is 1. The largest absolute Gasteiger partial charge is 0.481 e. The highest BCUT2D eigenvalue weighted by Gasteiger charge is 2.17. The van der Waals surface area contributed by atoms with Gasteiger partial charge in [-0.15, -0.1) is 0 Å². The zero-order valence-electron chi connectivity index (χ0n) is 14.9. The lowest BCUT2D eigenvalue weighted by molar-refractivity contribution is -0.127. The minimum Gasteiger partial charge on any atom is -0.481 e. The number of nitrogens with one attached hydrogen (secondary N) is 1. The average molecular weight is 412 g/mol. The second kappa shape index (κ2) is 10.7. The van der Waals surface area contributed by atoms with E-state index in [9.17, 15) is 4.79 Å². The molecule has 1 atom stereocenters. The van der Waals surface area contributed by atoms with Gasteiger partial charge in [0.25, 0.3) is 5.91 Å². The number of amides is 1. The highest BCUT2D eigenvalue weighted by Crippen LogP contribution is 2.24. The first-order valence-corrected chi connectivity index (χ1v) is 10.4. The number of ether oxygens (including phenoxy) is 1. The van der Waals surface area contributed by atoms with E-state index in [1.165, 1.54) is 0 Å². The average Bonchev–Trinajstić information content (AvgIpc) is 2.61. The van der Waals surface area contributed by atoms with Crippen LogP contribution >= 0.6 is 35.0 Å². The van der Waals surface area contributed by atoms with Crippen LogP contribution in [-0.4, -0.2) is 24.3 Å². The Morgan fingerprint density at radius 2 is 2.04 bits per heavy atom. The van der Waals surface area contributed by atoms with Crippen LogP contribution in [0.5, 0.6) is 5.75 Å². The molecule has 2 rings (SSSR count). The molecule has 0 aliphatic rings. The Balaban J connectivity index is 1.72. The minimum absolute atomic E-state index is 0.0841. The molecule has 1 amide bonds. The van der Waals surface area contributed by atoms with Crippen LogP contribution in [0.4, 0.5) is 0 Å². The van der Waals surface area contributed by atoms with E-state index in [1.807, 2.05) is 50.2 Å². The fourth-order valence-corrected chi connectivity index (χ4v) is 3.77. The van der Waals surface area contributed by atoms with Gasteiger partial charge in [0.2, 0.25) is 0 Å². The van der Waals surface area contributed by atoms with E-state index in [1.54, 1.807) is 17.8 Å². The van der Waals surface area contributed by atoms with Crippen LogP contribution in [0.3, 0.4) is 0 Å². The van der Waals surface area contributed by atoms with E-state index in [-0.39, 0.29) is 5.91 Å². The van der Waals surface area contributed by atoms with E-state index in [0.29, 0.717) is 23.0 Å². The Kier molecular flexibility index (Phi) is 8.63. The topological polar surface area (TPSA) is 38.3 Å². The molecule has 0 aliphatic heterocycles. The van der Waals surface area contributed by atoms with Gasteiger partial charge in [-0.1, -0.05) is 48.3 Å². The summed E-state index contributed by atoms with van der Waals surface area (Å²) in [5.41, 5.74) is 2.15. The molecular weight excluding hydrogens is 389 g/mol. The van der Waals surface area contributed by atoms with E-state index >= 15 is 0 Å². The van der Waals surface area contributed by atoms with Crippen molar-refractivity contribution in [1.29, 1.82) is 0 Å². The van der Waals surface area contributed by atoms with Gasteiger partial charge in [-0.3, -0.25) is 4.79 Å². The molecule has 1 unspecified atom stereocenters. The summed E-state index contributed by atoms with van der Waals surface area (Å²) >= 11 is 13.8. The number of benzene rings is 2. The van der Waals surface area contributed by atoms with Crippen molar-refractivity contribution in [1.82, 2.24) is 5.32 Å². The highest BCUT2D eigenvalue weighted by molar-refractivity contribution is 7.98. The maximum atomic E-state index is 12.3. The summed E-state index contributed by atoms with van der Waals surface area (Å²) in [7, 11) is 0. The van der Waals surface area contributed by atoms with Crippen LogP contribution in [0.1, 0.15) is 24.5 Å². The number of rotatable bonds is 9. The van der Waals surface area contributed by atoms with Crippen molar-refractivity contribution >= 4 is 40.9 Å². The second-order valence-corrected chi connectivity index (χ2v) is 7.86. The maximum Gasteiger partial charge on any atom is 0.261 e. The number of thioether (sulfide) groups is 1. The van der Waals surface area contributed by atoms with Crippen LogP contribution in [0.15, 0.2) is 42.5 Å². The lowest BCUT2D eigenvalue weighted by Gasteiger charge is -2.17. The molecule has 3 nitrogen and oxygen atoms in total. The Bertz CT molecular complexity index is 740. The number of halogens is 2. The molecule has 0 radical (unpaired) electrons. The Labute approximate surface area is 169 Å². The third-order valence-electron chi connectivity index (χ3n) is 3.75. The fourth-order valence-electron chi connectivity index (χ4n) is 2.36. The summed E-state index contributed by atoms with van der Waals surface area (Å²) in [6, 6.07) is 13.2. The molecule has 0 spiro atoms. The van der Waals surface area contributed by atoms with Crippen molar-refractivity contribution in [2.24, 2.45) is 0 Å². The van der Waals surface area contributed by atoms with Gasteiger partial charge in [0, 0.05) is 28.1 Å². The van der Waals surface area contributed by atoms with Crippen molar-refractivity contribution in [3.8, 4) is 5.75 Å². The normalized spacial score (nSPS) is 11.8. The maximum absolute atomic E-state index is 12.3. The highest BCUT2D eigenvalue weighted by atomic mass is 35.5. The number of hydrogen-bond acceptors (Lipinski definition) is 3. The van der Waals surface area contributed by atoms with E-state index in [0.717, 1.165) is 28.4 Å². The van der Waals surface area contributed by atoms with Crippen LogP contribution in [0.25, 0.3) is 0 Å². The molecule has 0 fully saturated rings. The predicted octanol–water partition coefficient (Wildman–Crippen LogP) is 5.51. The number of hydrogen-bond donors (Lipinski definition) is 1. The first-order valence-electron chi connectivity index (χ1n) is 8.52. The monoisotopic (exact) mass is 411 g/mol. The van der Waals surface area contributed by atoms with E-state index in [2.05, 4.69) is 5.32 Å². The lowest BCUT2D eigenvalue weighted by atomic mass is 10.2. The van der Waals surface area contributed by atoms with Crippen LogP contribution in [0, 0.1) is 6.92 Å². The lowest BCUT2D eigenvalue weighted by Crippen LogP contribution is -2.39. The zero-order valence-corrected chi connectivity index (χ0v) is 17.3. The standard InChI is InChI=1S/C20H23Cl2NO2S/c1-3-19(25-17-6-4-5-14(2)11-17)20(24)23-9-10-26-13-15-7-8-16(21)12-18(15)22/h4-8,11-12,19H,3,9-10,13H2,1-2H3,(H,23,24). The van der Waals surface area contributed by atoms with Gasteiger partial charge in [0.15, 0.2) is 6.10 Å². The smallest absolute Gasteiger partial charge is 0.261 e. The molecule has 0 heterocycles. The van der Waals surface area contributed by atoms with Crippen molar-refractivity contribution in [3.05, 3.63) is 63.6 Å². The van der Waals surface area contributed by atoms with Gasteiger partial charge in [-0.25, -0.2) is 0 Å². The molecule has 0 aromatic heterocycles. The van der Waals surface area contributed by atoms with Gasteiger partial charge >= 0.3 is 0 Å². The second-order valence-electron chi connectivity index (χ2n) is 5.91. The summed E-state index contributed by atoms with van der Waals surface area (Å²) < 4.78 is 5.81.